The second-order valence-corrected chi connectivity index (χ2v) is 20.4. The van der Waals surface area contributed by atoms with Crippen LogP contribution in [0.3, 0.4) is 0 Å². The van der Waals surface area contributed by atoms with Gasteiger partial charge in [-0.25, -0.2) is 4.79 Å². The zero-order chi connectivity index (χ0) is 37.4. The van der Waals surface area contributed by atoms with E-state index in [1.165, 1.54) is 10.8 Å². The Balaban J connectivity index is 1.95. The first-order valence-corrected chi connectivity index (χ1v) is 19.8. The van der Waals surface area contributed by atoms with Crippen LogP contribution in [0.15, 0.2) is 99.8 Å². The van der Waals surface area contributed by atoms with Crippen LogP contribution in [0.2, 0.25) is 18.1 Å². The van der Waals surface area contributed by atoms with Gasteiger partial charge in [-0.2, -0.15) is 0 Å². The first kappa shape index (κ1) is 37.6. The Morgan fingerprint density at radius 3 is 1.96 bits per heavy atom. The van der Waals surface area contributed by atoms with Crippen LogP contribution in [-0.2, 0) is 10.2 Å². The highest BCUT2D eigenvalue weighted by molar-refractivity contribution is 6.83. The molecule has 3 aromatic carbocycles. The number of H-pyrrole nitrogens is 1. The van der Waals surface area contributed by atoms with Crippen molar-refractivity contribution < 1.29 is 24.4 Å². The highest BCUT2D eigenvalue weighted by Gasteiger charge is 2.73. The topological polar surface area (TPSA) is 172 Å². The third kappa shape index (κ3) is 5.98. The molecule has 0 saturated carbocycles. The summed E-state index contributed by atoms with van der Waals surface area (Å²) < 4.78 is 19.3. The molecule has 0 aliphatic carbocycles. The van der Waals surface area contributed by atoms with Crippen molar-refractivity contribution in [1.82, 2.24) is 9.55 Å². The number of aromatic amines is 1. The largest absolute Gasteiger partial charge is 0.497 e. The quantitative estimate of drug-likeness (QED) is 0.0562. The predicted octanol–water partition coefficient (Wildman–Crippen LogP) is 6.00. The molecule has 12 nitrogen and oxygen atoms in total. The lowest BCUT2D eigenvalue weighted by Gasteiger charge is -2.58. The van der Waals surface area contributed by atoms with Gasteiger partial charge < -0.3 is 24.4 Å². The summed E-state index contributed by atoms with van der Waals surface area (Å²) in [5.41, 5.74) is 7.25. The van der Waals surface area contributed by atoms with E-state index in [9.17, 15) is 25.3 Å². The number of nitrogens with zero attached hydrogens (tertiary/aromatic N) is 4. The minimum absolute atomic E-state index is 0.136. The second kappa shape index (κ2) is 13.8. The van der Waals surface area contributed by atoms with Crippen molar-refractivity contribution in [2.24, 2.45) is 5.11 Å². The lowest BCUT2D eigenvalue weighted by Crippen LogP contribution is -2.76. The molecule has 51 heavy (non-hydrogen) atoms. The Labute approximate surface area is 298 Å². The van der Waals surface area contributed by atoms with Gasteiger partial charge in [0.1, 0.15) is 29.4 Å². The van der Waals surface area contributed by atoms with Crippen LogP contribution in [0.4, 0.5) is 0 Å². The molecule has 0 bridgehead atoms. The van der Waals surface area contributed by atoms with E-state index in [4.69, 9.17) is 14.2 Å². The molecule has 4 aromatic rings. The van der Waals surface area contributed by atoms with Crippen molar-refractivity contribution in [2.75, 3.05) is 20.8 Å². The third-order valence-corrected chi connectivity index (χ3v) is 17.9. The molecule has 2 heterocycles. The van der Waals surface area contributed by atoms with Crippen molar-refractivity contribution in [1.29, 1.82) is 0 Å². The van der Waals surface area contributed by atoms with Crippen LogP contribution in [0.5, 0.6) is 11.5 Å². The zero-order valence-corrected chi connectivity index (χ0v) is 31.4. The van der Waals surface area contributed by atoms with E-state index in [-0.39, 0.29) is 12.0 Å². The van der Waals surface area contributed by atoms with Crippen LogP contribution in [0, 0.1) is 6.92 Å². The first-order chi connectivity index (χ1) is 24.0. The van der Waals surface area contributed by atoms with Crippen LogP contribution >= 0.6 is 0 Å². The summed E-state index contributed by atoms with van der Waals surface area (Å²) in [4.78, 5) is 31.3. The number of aliphatic hydroxyl groups is 2. The molecule has 0 spiro atoms. The first-order valence-electron chi connectivity index (χ1n) is 16.8. The fourth-order valence-electron chi connectivity index (χ4n) is 7.58. The molecule has 0 amide bonds. The Hall–Kier alpha value is -4.65. The van der Waals surface area contributed by atoms with Crippen LogP contribution in [-0.4, -0.2) is 65.5 Å². The number of aryl methyl sites for hydroxylation is 1. The van der Waals surface area contributed by atoms with Crippen molar-refractivity contribution >= 4 is 8.07 Å². The smallest absolute Gasteiger partial charge is 0.330 e. The monoisotopic (exact) mass is 713 g/mol. The van der Waals surface area contributed by atoms with Gasteiger partial charge in [0, 0.05) is 23.1 Å². The van der Waals surface area contributed by atoms with Crippen LogP contribution in [0.25, 0.3) is 10.4 Å². The van der Waals surface area contributed by atoms with Crippen molar-refractivity contribution in [3.63, 3.8) is 0 Å². The van der Waals surface area contributed by atoms with Gasteiger partial charge in [0.2, 0.25) is 0 Å². The molecule has 4 atom stereocenters. The number of methoxy groups -OCH3 is 2. The average Bonchev–Trinajstić information content (AvgIpc) is 3.43. The number of benzene rings is 3. The molecule has 1 aliphatic heterocycles. The Morgan fingerprint density at radius 2 is 1.49 bits per heavy atom. The number of aromatic nitrogens is 2. The van der Waals surface area contributed by atoms with Gasteiger partial charge in [-0.05, 0) is 58.4 Å². The van der Waals surface area contributed by atoms with Gasteiger partial charge in [0.25, 0.3) is 5.56 Å². The molecule has 13 heteroatoms. The number of rotatable bonds is 11. The lowest BCUT2D eigenvalue weighted by atomic mass is 9.61. The molecule has 1 aliphatic rings. The zero-order valence-electron chi connectivity index (χ0n) is 30.4. The van der Waals surface area contributed by atoms with E-state index in [1.807, 2.05) is 88.5 Å². The predicted molar refractivity (Wildman–Crippen MR) is 198 cm³/mol. The molecule has 1 unspecified atom stereocenters. The van der Waals surface area contributed by atoms with E-state index in [0.717, 1.165) is 0 Å². The lowest BCUT2D eigenvalue weighted by molar-refractivity contribution is -0.183. The molecule has 1 saturated heterocycles. The Morgan fingerprint density at radius 1 is 0.980 bits per heavy atom. The number of aliphatic hydroxyl groups excluding tert-OH is 1. The van der Waals surface area contributed by atoms with Gasteiger partial charge >= 0.3 is 5.69 Å². The summed E-state index contributed by atoms with van der Waals surface area (Å²) in [6, 6.07) is 24.0. The van der Waals surface area contributed by atoms with Gasteiger partial charge in [-0.1, -0.05) is 93.6 Å². The maximum Gasteiger partial charge on any atom is 0.330 e. The molecule has 3 N–H and O–H groups in total. The number of ether oxygens (including phenoxy) is 3. The van der Waals surface area contributed by atoms with Crippen molar-refractivity contribution in [3.8, 4) is 11.5 Å². The number of hydrogen-bond donors (Lipinski definition) is 3. The van der Waals surface area contributed by atoms with Gasteiger partial charge in [-0.3, -0.25) is 14.3 Å². The molecular weight excluding hydrogens is 667 g/mol. The summed E-state index contributed by atoms with van der Waals surface area (Å²) in [7, 11) is 0.0249. The fourth-order valence-corrected chi connectivity index (χ4v) is 10.8. The summed E-state index contributed by atoms with van der Waals surface area (Å²) in [5.74, 6) is 1.19. The van der Waals surface area contributed by atoms with Crippen LogP contribution in [0.1, 0.15) is 55.7 Å². The summed E-state index contributed by atoms with van der Waals surface area (Å²) in [6.07, 6.45) is -1.56. The standard InChI is InChI=1S/C38H47N5O7Si/c1-25-23-43(34(46)41-32(25)44)31-22-37(47,51(7,8)35(2,3)4)36(50-31,24-40-42-39)33(45)38(26-12-10-9-11-13-26,27-14-18-29(48-5)19-15-27)28-16-20-30(49-6)21-17-28/h9-21,23,31,33,45,47H,22,24H2,1-8H3,(H,41,44,46)/t31-,33?,36-,37-/m1/s1. The van der Waals surface area contributed by atoms with E-state index >= 15 is 0 Å². The maximum absolute atomic E-state index is 13.7. The minimum atomic E-state index is -3.11. The van der Waals surface area contributed by atoms with E-state index < -0.39 is 59.5 Å². The Bertz CT molecular complexity index is 1970. The van der Waals surface area contributed by atoms with E-state index in [1.54, 1.807) is 45.4 Å². The number of hydrogen-bond acceptors (Lipinski definition) is 8. The molecule has 270 valence electrons. The highest BCUT2D eigenvalue weighted by atomic mass is 28.3. The number of azide groups is 1. The molecule has 5 rings (SSSR count). The summed E-state index contributed by atoms with van der Waals surface area (Å²) >= 11 is 0. The van der Waals surface area contributed by atoms with Crippen molar-refractivity contribution in [2.45, 2.75) is 80.8 Å². The Kier molecular flexibility index (Phi) is 10.2. The summed E-state index contributed by atoms with van der Waals surface area (Å²) in [6.45, 7) is 11.2. The van der Waals surface area contributed by atoms with E-state index in [2.05, 4.69) is 15.0 Å². The van der Waals surface area contributed by atoms with Gasteiger partial charge in [0.05, 0.1) is 39.5 Å². The average molecular weight is 714 g/mol. The van der Waals surface area contributed by atoms with E-state index in [0.29, 0.717) is 28.2 Å². The molecule has 1 fully saturated rings. The SMILES string of the molecule is COc1ccc(C(c2ccccc2)(c2ccc(OC)cc2)C(O)[C@@]2(CN=[N+]=[N-])O[C@@H](n3cc(C)c(=O)[nH]c3=O)C[C@@]2(O)[Si](C)(C)C(C)(C)C)cc1. The third-order valence-electron chi connectivity index (χ3n) is 11.4. The normalized spacial score (nSPS) is 21.5. The molecule has 0 radical (unpaired) electrons. The van der Waals surface area contributed by atoms with Crippen molar-refractivity contribution in [3.05, 3.63) is 139 Å². The van der Waals surface area contributed by atoms with Crippen LogP contribution < -0.4 is 20.7 Å². The fraction of sp³-hybridized carbons (Fsp3) is 0.421. The molecular formula is C38H47N5O7Si. The maximum atomic E-state index is 13.7. The highest BCUT2D eigenvalue weighted by Crippen LogP contribution is 2.60. The second-order valence-electron chi connectivity index (χ2n) is 14.8. The number of nitrogens with one attached hydrogen (secondary N) is 1. The van der Waals surface area contributed by atoms with Gasteiger partial charge in [0.15, 0.2) is 0 Å². The van der Waals surface area contributed by atoms with Gasteiger partial charge in [-0.15, -0.1) is 0 Å². The molecule has 1 aromatic heterocycles. The summed E-state index contributed by atoms with van der Waals surface area (Å²) in [5, 5.41) is 29.0. The minimum Gasteiger partial charge on any atom is -0.497 e.